The number of amides is 1. The number of likely N-dealkylation sites (tertiary alicyclic amines) is 1. The van der Waals surface area contributed by atoms with Crippen molar-refractivity contribution in [3.05, 3.63) is 30.3 Å². The molecule has 1 amide bonds. The molecule has 1 unspecified atom stereocenters. The van der Waals surface area contributed by atoms with Crippen LogP contribution in [0.15, 0.2) is 30.3 Å². The molecule has 0 spiro atoms. The second kappa shape index (κ2) is 7.74. The van der Waals surface area contributed by atoms with Gasteiger partial charge < -0.3 is 9.64 Å². The SMILES string of the molecule is CS(=O)(=O)N1CCC(C(=O)N2CCCC(Oc3ccccc3)C2)CC1. The van der Waals surface area contributed by atoms with Crippen LogP contribution in [0.25, 0.3) is 0 Å². The molecule has 6 nitrogen and oxygen atoms in total. The number of nitrogens with zero attached hydrogens (tertiary/aromatic N) is 2. The number of piperidine rings is 2. The zero-order valence-corrected chi connectivity index (χ0v) is 15.5. The van der Waals surface area contributed by atoms with Gasteiger partial charge in [0.25, 0.3) is 0 Å². The average molecular weight is 366 g/mol. The van der Waals surface area contributed by atoms with Gasteiger partial charge in [0, 0.05) is 25.6 Å². The van der Waals surface area contributed by atoms with Crippen molar-refractivity contribution >= 4 is 15.9 Å². The van der Waals surface area contributed by atoms with Crippen molar-refractivity contribution in [1.82, 2.24) is 9.21 Å². The van der Waals surface area contributed by atoms with Gasteiger partial charge in [-0.25, -0.2) is 12.7 Å². The van der Waals surface area contributed by atoms with E-state index in [1.54, 1.807) is 0 Å². The molecule has 0 aliphatic carbocycles. The Kier molecular flexibility index (Phi) is 5.64. The number of benzene rings is 1. The molecule has 2 heterocycles. The molecule has 0 N–H and O–H groups in total. The number of rotatable bonds is 4. The Labute approximate surface area is 149 Å². The Morgan fingerprint density at radius 2 is 1.76 bits per heavy atom. The zero-order valence-electron chi connectivity index (χ0n) is 14.6. The molecule has 0 saturated carbocycles. The number of para-hydroxylation sites is 1. The standard InChI is InChI=1S/C18H26N2O4S/c1-25(22,23)20-12-9-15(10-13-20)18(21)19-11-5-8-17(14-19)24-16-6-3-2-4-7-16/h2-4,6-7,15,17H,5,8-14H2,1H3. The molecule has 7 heteroatoms. The maximum absolute atomic E-state index is 12.8. The summed E-state index contributed by atoms with van der Waals surface area (Å²) in [6, 6.07) is 9.70. The molecular formula is C18H26N2O4S. The lowest BCUT2D eigenvalue weighted by Crippen LogP contribution is -2.49. The normalized spacial score (nSPS) is 23.4. The molecule has 3 rings (SSSR count). The van der Waals surface area contributed by atoms with Crippen LogP contribution in [-0.2, 0) is 14.8 Å². The Hall–Kier alpha value is -1.60. The van der Waals surface area contributed by atoms with Gasteiger partial charge in [-0.3, -0.25) is 4.79 Å². The van der Waals surface area contributed by atoms with Crippen molar-refractivity contribution in [2.24, 2.45) is 5.92 Å². The molecule has 0 aromatic heterocycles. The Morgan fingerprint density at radius 1 is 1.08 bits per heavy atom. The summed E-state index contributed by atoms with van der Waals surface area (Å²) in [7, 11) is -3.15. The van der Waals surface area contributed by atoms with Gasteiger partial charge in [0.1, 0.15) is 11.9 Å². The predicted octanol–water partition coefficient (Wildman–Crippen LogP) is 1.73. The highest BCUT2D eigenvalue weighted by Gasteiger charge is 2.33. The number of carbonyl (C=O) groups is 1. The summed E-state index contributed by atoms with van der Waals surface area (Å²) < 4.78 is 30.7. The first-order valence-electron chi connectivity index (χ1n) is 8.89. The fourth-order valence-electron chi connectivity index (χ4n) is 3.62. The zero-order chi connectivity index (χ0) is 17.9. The van der Waals surface area contributed by atoms with Crippen LogP contribution in [0.1, 0.15) is 25.7 Å². The van der Waals surface area contributed by atoms with Crippen LogP contribution >= 0.6 is 0 Å². The minimum Gasteiger partial charge on any atom is -0.489 e. The molecule has 0 bridgehead atoms. The number of carbonyl (C=O) groups excluding carboxylic acids is 1. The highest BCUT2D eigenvalue weighted by molar-refractivity contribution is 7.88. The molecule has 138 valence electrons. The van der Waals surface area contributed by atoms with Crippen molar-refractivity contribution in [3.63, 3.8) is 0 Å². The second-order valence-electron chi connectivity index (χ2n) is 6.92. The van der Waals surface area contributed by atoms with E-state index in [9.17, 15) is 13.2 Å². The second-order valence-corrected chi connectivity index (χ2v) is 8.90. The minimum absolute atomic E-state index is 0.0243. The summed E-state index contributed by atoms with van der Waals surface area (Å²) in [5, 5.41) is 0. The monoisotopic (exact) mass is 366 g/mol. The molecule has 2 aliphatic rings. The molecule has 0 radical (unpaired) electrons. The molecule has 1 atom stereocenters. The summed E-state index contributed by atoms with van der Waals surface area (Å²) in [4.78, 5) is 14.7. The van der Waals surface area contributed by atoms with Gasteiger partial charge in [0.2, 0.25) is 15.9 Å². The van der Waals surface area contributed by atoms with Crippen LogP contribution < -0.4 is 4.74 Å². The van der Waals surface area contributed by atoms with E-state index in [0.717, 1.165) is 25.1 Å². The van der Waals surface area contributed by atoms with Crippen molar-refractivity contribution in [2.75, 3.05) is 32.4 Å². The topological polar surface area (TPSA) is 66.9 Å². The van der Waals surface area contributed by atoms with Crippen LogP contribution in [-0.4, -0.2) is 62.1 Å². The Balaban J connectivity index is 1.54. The lowest BCUT2D eigenvalue weighted by molar-refractivity contribution is -0.139. The van der Waals surface area contributed by atoms with Gasteiger partial charge in [0.15, 0.2) is 0 Å². The molecule has 1 aromatic carbocycles. The van der Waals surface area contributed by atoms with E-state index in [1.807, 2.05) is 35.2 Å². The third-order valence-electron chi connectivity index (χ3n) is 5.01. The van der Waals surface area contributed by atoms with Crippen molar-refractivity contribution in [3.8, 4) is 5.75 Å². The number of hydrogen-bond donors (Lipinski definition) is 0. The maximum Gasteiger partial charge on any atom is 0.225 e. The first-order chi connectivity index (χ1) is 11.9. The third-order valence-corrected chi connectivity index (χ3v) is 6.31. The van der Waals surface area contributed by atoms with E-state index in [2.05, 4.69) is 0 Å². The molecule has 2 aliphatic heterocycles. The van der Waals surface area contributed by atoms with E-state index in [1.165, 1.54) is 10.6 Å². The summed E-state index contributed by atoms with van der Waals surface area (Å²) in [6.45, 7) is 2.25. The average Bonchev–Trinajstić information content (AvgIpc) is 2.61. The quantitative estimate of drug-likeness (QED) is 0.814. The van der Waals surface area contributed by atoms with Gasteiger partial charge in [-0.15, -0.1) is 0 Å². The third kappa shape index (κ3) is 4.73. The Morgan fingerprint density at radius 3 is 2.40 bits per heavy atom. The fraction of sp³-hybridized carbons (Fsp3) is 0.611. The smallest absolute Gasteiger partial charge is 0.225 e. The van der Waals surface area contributed by atoms with E-state index in [0.29, 0.717) is 32.5 Å². The summed E-state index contributed by atoms with van der Waals surface area (Å²) in [5.41, 5.74) is 0. The van der Waals surface area contributed by atoms with Crippen molar-refractivity contribution in [2.45, 2.75) is 31.8 Å². The van der Waals surface area contributed by atoms with Gasteiger partial charge in [-0.1, -0.05) is 18.2 Å². The van der Waals surface area contributed by atoms with Gasteiger partial charge in [-0.2, -0.15) is 0 Å². The summed E-state index contributed by atoms with van der Waals surface area (Å²) in [5.74, 6) is 0.909. The number of sulfonamides is 1. The van der Waals surface area contributed by atoms with Gasteiger partial charge >= 0.3 is 0 Å². The molecule has 25 heavy (non-hydrogen) atoms. The number of hydrogen-bond acceptors (Lipinski definition) is 4. The largest absolute Gasteiger partial charge is 0.489 e. The first-order valence-corrected chi connectivity index (χ1v) is 10.7. The van der Waals surface area contributed by atoms with Crippen LogP contribution in [0.2, 0.25) is 0 Å². The van der Waals surface area contributed by atoms with Crippen LogP contribution in [0, 0.1) is 5.92 Å². The van der Waals surface area contributed by atoms with Crippen molar-refractivity contribution < 1.29 is 17.9 Å². The lowest BCUT2D eigenvalue weighted by atomic mass is 9.95. The van der Waals surface area contributed by atoms with Crippen LogP contribution in [0.4, 0.5) is 0 Å². The van der Waals surface area contributed by atoms with Crippen LogP contribution in [0.5, 0.6) is 5.75 Å². The molecule has 2 saturated heterocycles. The number of ether oxygens (including phenoxy) is 1. The Bertz CT molecular complexity index is 684. The summed E-state index contributed by atoms with van der Waals surface area (Å²) >= 11 is 0. The van der Waals surface area contributed by atoms with Gasteiger partial charge in [0.05, 0.1) is 12.8 Å². The molecule has 1 aromatic rings. The molecular weight excluding hydrogens is 340 g/mol. The fourth-order valence-corrected chi connectivity index (χ4v) is 4.49. The minimum atomic E-state index is -3.15. The van der Waals surface area contributed by atoms with E-state index < -0.39 is 10.0 Å². The van der Waals surface area contributed by atoms with E-state index in [-0.39, 0.29) is 17.9 Å². The highest BCUT2D eigenvalue weighted by atomic mass is 32.2. The molecule has 2 fully saturated rings. The predicted molar refractivity (Wildman–Crippen MR) is 95.8 cm³/mol. The lowest BCUT2D eigenvalue weighted by Gasteiger charge is -2.37. The summed E-state index contributed by atoms with van der Waals surface area (Å²) in [6.07, 6.45) is 4.34. The first kappa shape index (κ1) is 18.2. The maximum atomic E-state index is 12.8. The van der Waals surface area contributed by atoms with Crippen LogP contribution in [0.3, 0.4) is 0 Å². The van der Waals surface area contributed by atoms with E-state index >= 15 is 0 Å². The van der Waals surface area contributed by atoms with Crippen molar-refractivity contribution in [1.29, 1.82) is 0 Å². The highest BCUT2D eigenvalue weighted by Crippen LogP contribution is 2.24. The van der Waals surface area contributed by atoms with Gasteiger partial charge in [-0.05, 0) is 37.8 Å². The van der Waals surface area contributed by atoms with E-state index in [4.69, 9.17) is 4.74 Å².